The molecule has 2 aromatic carbocycles. The van der Waals surface area contributed by atoms with Gasteiger partial charge in [0.15, 0.2) is 0 Å². The molecule has 0 fully saturated rings. The molecule has 4 rings (SSSR count). The Labute approximate surface area is 120 Å². The molecule has 0 nitrogen and oxygen atoms in total. The number of fused-ring (bicyclic) bond motifs is 5. The van der Waals surface area contributed by atoms with Crippen molar-refractivity contribution in [2.24, 2.45) is 0 Å². The van der Waals surface area contributed by atoms with Crippen molar-refractivity contribution in [2.75, 3.05) is 0 Å². The van der Waals surface area contributed by atoms with Gasteiger partial charge in [-0.05, 0) is 48.4 Å². The van der Waals surface area contributed by atoms with Gasteiger partial charge in [-0.3, -0.25) is 0 Å². The molecule has 0 saturated carbocycles. The van der Waals surface area contributed by atoms with Gasteiger partial charge in [-0.15, -0.1) is 22.7 Å². The van der Waals surface area contributed by atoms with Crippen molar-refractivity contribution in [1.82, 2.24) is 0 Å². The molecule has 0 amide bonds. The fraction of sp³-hybridized carbons (Fsp3) is 0.176. The van der Waals surface area contributed by atoms with Crippen LogP contribution in [0.3, 0.4) is 0 Å². The van der Waals surface area contributed by atoms with E-state index >= 15 is 0 Å². The van der Waals surface area contributed by atoms with Gasteiger partial charge < -0.3 is 0 Å². The topological polar surface area (TPSA) is 0 Å². The van der Waals surface area contributed by atoms with Gasteiger partial charge in [0.05, 0.1) is 0 Å². The fourth-order valence-electron chi connectivity index (χ4n) is 2.80. The second-order valence-electron chi connectivity index (χ2n) is 4.97. The summed E-state index contributed by atoms with van der Waals surface area (Å²) in [6, 6.07) is 13.8. The van der Waals surface area contributed by atoms with Crippen molar-refractivity contribution in [1.29, 1.82) is 0 Å². The summed E-state index contributed by atoms with van der Waals surface area (Å²) in [5, 5.41) is 5.63. The molecule has 94 valence electrons. The normalized spacial score (nSPS) is 11.9. The Morgan fingerprint density at radius 1 is 0.789 bits per heavy atom. The molecule has 0 N–H and O–H groups in total. The van der Waals surface area contributed by atoms with Gasteiger partial charge in [-0.25, -0.2) is 0 Å². The molecule has 0 atom stereocenters. The zero-order valence-corrected chi connectivity index (χ0v) is 12.6. The first-order valence-electron chi connectivity index (χ1n) is 6.60. The van der Waals surface area contributed by atoms with Crippen molar-refractivity contribution >= 4 is 53.6 Å². The van der Waals surface area contributed by atoms with Gasteiger partial charge in [0.25, 0.3) is 0 Å². The maximum absolute atomic E-state index is 2.37. The van der Waals surface area contributed by atoms with E-state index in [2.05, 4.69) is 50.2 Å². The molecule has 4 aromatic rings. The highest BCUT2D eigenvalue weighted by atomic mass is 32.1. The number of hydrogen-bond donors (Lipinski definition) is 0. The Hall–Kier alpha value is -1.38. The number of benzene rings is 2. The Morgan fingerprint density at radius 2 is 1.42 bits per heavy atom. The first-order valence-corrected chi connectivity index (χ1v) is 8.24. The molecule has 2 heterocycles. The summed E-state index contributed by atoms with van der Waals surface area (Å²) in [7, 11) is 0. The SMILES string of the molecule is CCc1cc2c(ccc3c4cc(C)sc4ccc23)s1. The van der Waals surface area contributed by atoms with Gasteiger partial charge in [0, 0.05) is 29.9 Å². The molecule has 0 bridgehead atoms. The third kappa shape index (κ3) is 1.63. The Balaban J connectivity index is 2.20. The second-order valence-corrected chi connectivity index (χ2v) is 7.43. The van der Waals surface area contributed by atoms with Crippen LogP contribution in [0.5, 0.6) is 0 Å². The maximum atomic E-state index is 2.37. The summed E-state index contributed by atoms with van der Waals surface area (Å²) in [6.07, 6.45) is 1.13. The van der Waals surface area contributed by atoms with Crippen molar-refractivity contribution < 1.29 is 0 Å². The lowest BCUT2D eigenvalue weighted by Crippen LogP contribution is -1.74. The van der Waals surface area contributed by atoms with Crippen molar-refractivity contribution in [3.63, 3.8) is 0 Å². The predicted molar refractivity (Wildman–Crippen MR) is 88.8 cm³/mol. The summed E-state index contributed by atoms with van der Waals surface area (Å²) >= 11 is 3.81. The summed E-state index contributed by atoms with van der Waals surface area (Å²) in [5.41, 5.74) is 0. The largest absolute Gasteiger partial charge is 0.141 e. The highest BCUT2D eigenvalue weighted by molar-refractivity contribution is 7.19. The molecule has 0 radical (unpaired) electrons. The third-order valence-electron chi connectivity index (χ3n) is 3.72. The molecule has 0 unspecified atom stereocenters. The highest BCUT2D eigenvalue weighted by Gasteiger charge is 2.08. The summed E-state index contributed by atoms with van der Waals surface area (Å²) < 4.78 is 2.81. The van der Waals surface area contributed by atoms with Crippen LogP contribution in [-0.2, 0) is 6.42 Å². The zero-order chi connectivity index (χ0) is 13.0. The first kappa shape index (κ1) is 11.4. The lowest BCUT2D eigenvalue weighted by atomic mass is 10.0. The van der Waals surface area contributed by atoms with Crippen LogP contribution in [-0.4, -0.2) is 0 Å². The second kappa shape index (κ2) is 4.06. The molecule has 0 saturated heterocycles. The number of rotatable bonds is 1. The van der Waals surface area contributed by atoms with Gasteiger partial charge in [-0.1, -0.05) is 19.1 Å². The smallest absolute Gasteiger partial charge is 0.0352 e. The maximum Gasteiger partial charge on any atom is 0.0352 e. The minimum absolute atomic E-state index is 1.13. The molecule has 0 aliphatic carbocycles. The average Bonchev–Trinajstić information content (AvgIpc) is 2.99. The average molecular weight is 282 g/mol. The van der Waals surface area contributed by atoms with E-state index in [-0.39, 0.29) is 0 Å². The Kier molecular flexibility index (Phi) is 2.44. The molecule has 19 heavy (non-hydrogen) atoms. The summed E-state index contributed by atoms with van der Waals surface area (Å²) in [6.45, 7) is 4.42. The van der Waals surface area contributed by atoms with E-state index in [0.717, 1.165) is 6.42 Å². The standard InChI is InChI=1S/C17H14S2/c1-3-11-9-15-13-4-6-16-14(8-10(2)18-16)12(13)5-7-17(15)19-11/h4-9H,3H2,1-2H3. The van der Waals surface area contributed by atoms with Crippen LogP contribution in [0.2, 0.25) is 0 Å². The van der Waals surface area contributed by atoms with E-state index in [9.17, 15) is 0 Å². The van der Waals surface area contributed by atoms with Crippen LogP contribution in [0.1, 0.15) is 16.7 Å². The molecule has 2 heteroatoms. The Bertz CT molecular complexity index is 909. The third-order valence-corrected chi connectivity index (χ3v) is 5.98. The van der Waals surface area contributed by atoms with Crippen LogP contribution >= 0.6 is 22.7 Å². The summed E-state index contributed by atoms with van der Waals surface area (Å²) in [4.78, 5) is 2.87. The van der Waals surface area contributed by atoms with Gasteiger partial charge in [-0.2, -0.15) is 0 Å². The van der Waals surface area contributed by atoms with Crippen LogP contribution in [0.25, 0.3) is 30.9 Å². The molecule has 0 spiro atoms. The number of aryl methyl sites for hydroxylation is 2. The van der Waals surface area contributed by atoms with Gasteiger partial charge in [0.1, 0.15) is 0 Å². The van der Waals surface area contributed by atoms with Crippen LogP contribution in [0.4, 0.5) is 0 Å². The van der Waals surface area contributed by atoms with E-state index in [1.165, 1.54) is 40.7 Å². The summed E-state index contributed by atoms with van der Waals surface area (Å²) in [5.74, 6) is 0. The van der Waals surface area contributed by atoms with Crippen LogP contribution in [0.15, 0.2) is 36.4 Å². The minimum Gasteiger partial charge on any atom is -0.141 e. The Morgan fingerprint density at radius 3 is 2.11 bits per heavy atom. The van der Waals surface area contributed by atoms with Gasteiger partial charge in [0.2, 0.25) is 0 Å². The first-order chi connectivity index (χ1) is 9.26. The van der Waals surface area contributed by atoms with Crippen molar-refractivity contribution in [2.45, 2.75) is 20.3 Å². The quantitative estimate of drug-likeness (QED) is 0.393. The van der Waals surface area contributed by atoms with Crippen molar-refractivity contribution in [3.8, 4) is 0 Å². The monoisotopic (exact) mass is 282 g/mol. The molecule has 0 aliphatic rings. The van der Waals surface area contributed by atoms with Crippen molar-refractivity contribution in [3.05, 3.63) is 46.2 Å². The molecular weight excluding hydrogens is 268 g/mol. The predicted octanol–water partition coefficient (Wildman–Crippen LogP) is 6.14. The highest BCUT2D eigenvalue weighted by Crippen LogP contribution is 2.37. The fourth-order valence-corrected chi connectivity index (χ4v) is 4.76. The van der Waals surface area contributed by atoms with Crippen LogP contribution < -0.4 is 0 Å². The van der Waals surface area contributed by atoms with E-state index in [4.69, 9.17) is 0 Å². The van der Waals surface area contributed by atoms with E-state index in [0.29, 0.717) is 0 Å². The van der Waals surface area contributed by atoms with Crippen LogP contribution in [0, 0.1) is 6.92 Å². The molecular formula is C17H14S2. The number of thiophene rings is 2. The number of hydrogen-bond acceptors (Lipinski definition) is 2. The minimum atomic E-state index is 1.13. The lowest BCUT2D eigenvalue weighted by molar-refractivity contribution is 1.19. The van der Waals surface area contributed by atoms with E-state index in [1.54, 1.807) is 0 Å². The van der Waals surface area contributed by atoms with Gasteiger partial charge >= 0.3 is 0 Å². The zero-order valence-electron chi connectivity index (χ0n) is 11.0. The van der Waals surface area contributed by atoms with E-state index in [1.807, 2.05) is 22.7 Å². The molecule has 0 aliphatic heterocycles. The lowest BCUT2D eigenvalue weighted by Gasteiger charge is -2.01. The molecule has 2 aromatic heterocycles. The van der Waals surface area contributed by atoms with E-state index < -0.39 is 0 Å².